The van der Waals surface area contributed by atoms with Crippen molar-refractivity contribution in [1.82, 2.24) is 9.78 Å². The first-order valence-corrected chi connectivity index (χ1v) is 6.48. The van der Waals surface area contributed by atoms with Gasteiger partial charge in [-0.2, -0.15) is 5.10 Å². The number of hydrogen-bond donors (Lipinski definition) is 1. The van der Waals surface area contributed by atoms with E-state index >= 15 is 0 Å². The molecule has 0 aliphatic rings. The highest BCUT2D eigenvalue weighted by Gasteiger charge is 2.37. The van der Waals surface area contributed by atoms with E-state index in [1.807, 2.05) is 24.6 Å². The Labute approximate surface area is 104 Å². The van der Waals surface area contributed by atoms with Gasteiger partial charge in [0.05, 0.1) is 11.3 Å². The van der Waals surface area contributed by atoms with Crippen molar-refractivity contribution in [3.05, 3.63) is 18.0 Å². The van der Waals surface area contributed by atoms with Crippen LogP contribution in [0.4, 0.5) is 0 Å². The SMILES string of the molecule is CCOC(CC)(CC)C(O)c1ccnn1CC. The van der Waals surface area contributed by atoms with Gasteiger partial charge in [-0.15, -0.1) is 0 Å². The highest BCUT2D eigenvalue weighted by Crippen LogP contribution is 2.35. The summed E-state index contributed by atoms with van der Waals surface area (Å²) in [4.78, 5) is 0. The van der Waals surface area contributed by atoms with E-state index < -0.39 is 11.7 Å². The van der Waals surface area contributed by atoms with Gasteiger partial charge in [0, 0.05) is 19.3 Å². The third-order valence-electron chi connectivity index (χ3n) is 3.46. The first-order chi connectivity index (χ1) is 8.15. The van der Waals surface area contributed by atoms with Crippen molar-refractivity contribution in [3.63, 3.8) is 0 Å². The minimum atomic E-state index is -0.625. The normalized spacial score (nSPS) is 13.9. The summed E-state index contributed by atoms with van der Waals surface area (Å²) in [5, 5.41) is 14.8. The van der Waals surface area contributed by atoms with Crippen molar-refractivity contribution >= 4 is 0 Å². The quantitative estimate of drug-likeness (QED) is 0.796. The molecule has 1 heterocycles. The van der Waals surface area contributed by atoms with Crippen molar-refractivity contribution in [3.8, 4) is 0 Å². The van der Waals surface area contributed by atoms with Gasteiger partial charge < -0.3 is 9.84 Å². The molecule has 0 saturated carbocycles. The van der Waals surface area contributed by atoms with E-state index in [2.05, 4.69) is 18.9 Å². The zero-order chi connectivity index (χ0) is 12.9. The third kappa shape index (κ3) is 2.69. The molecule has 0 aromatic carbocycles. The van der Waals surface area contributed by atoms with Crippen molar-refractivity contribution in [2.45, 2.75) is 58.8 Å². The molecule has 1 aromatic rings. The molecule has 0 aliphatic heterocycles. The van der Waals surface area contributed by atoms with E-state index in [4.69, 9.17) is 4.74 Å². The van der Waals surface area contributed by atoms with Crippen molar-refractivity contribution in [2.24, 2.45) is 0 Å². The van der Waals surface area contributed by atoms with Crippen LogP contribution >= 0.6 is 0 Å². The van der Waals surface area contributed by atoms with Crippen LogP contribution in [0.5, 0.6) is 0 Å². The number of aromatic nitrogens is 2. The molecule has 0 aliphatic carbocycles. The van der Waals surface area contributed by atoms with Gasteiger partial charge in [-0.3, -0.25) is 4.68 Å². The summed E-state index contributed by atoms with van der Waals surface area (Å²) in [6.45, 7) is 9.45. The van der Waals surface area contributed by atoms with Crippen LogP contribution in [0.2, 0.25) is 0 Å². The van der Waals surface area contributed by atoms with Crippen molar-refractivity contribution in [1.29, 1.82) is 0 Å². The molecule has 1 rings (SSSR count). The van der Waals surface area contributed by atoms with Gasteiger partial charge in [0.15, 0.2) is 0 Å². The summed E-state index contributed by atoms with van der Waals surface area (Å²) >= 11 is 0. The standard InChI is InChI=1S/C13H24N2O2/c1-5-13(6-2,17-8-4)12(16)11-9-10-14-15(11)7-3/h9-10,12,16H,5-8H2,1-4H3. The van der Waals surface area contributed by atoms with Crippen LogP contribution in [-0.2, 0) is 11.3 Å². The van der Waals surface area contributed by atoms with Crippen LogP contribution in [0, 0.1) is 0 Å². The second-order valence-corrected chi connectivity index (χ2v) is 4.18. The number of rotatable bonds is 7. The molecule has 4 nitrogen and oxygen atoms in total. The van der Waals surface area contributed by atoms with Crippen LogP contribution in [0.25, 0.3) is 0 Å². The fourth-order valence-corrected chi connectivity index (χ4v) is 2.32. The zero-order valence-corrected chi connectivity index (χ0v) is 11.3. The third-order valence-corrected chi connectivity index (χ3v) is 3.46. The maximum absolute atomic E-state index is 10.6. The van der Waals surface area contributed by atoms with Gasteiger partial charge in [0.1, 0.15) is 6.10 Å². The number of aliphatic hydroxyl groups excluding tert-OH is 1. The lowest BCUT2D eigenvalue weighted by Crippen LogP contribution is -2.39. The smallest absolute Gasteiger partial charge is 0.124 e. The van der Waals surface area contributed by atoms with Crippen molar-refractivity contribution < 1.29 is 9.84 Å². The molecule has 17 heavy (non-hydrogen) atoms. The maximum Gasteiger partial charge on any atom is 0.124 e. The molecule has 0 fully saturated rings. The van der Waals surface area contributed by atoms with Gasteiger partial charge in [-0.05, 0) is 32.8 Å². The van der Waals surface area contributed by atoms with Crippen LogP contribution in [0.3, 0.4) is 0 Å². The van der Waals surface area contributed by atoms with E-state index in [1.54, 1.807) is 6.20 Å². The predicted molar refractivity (Wildman–Crippen MR) is 67.8 cm³/mol. The summed E-state index contributed by atoms with van der Waals surface area (Å²) in [7, 11) is 0. The number of hydrogen-bond acceptors (Lipinski definition) is 3. The Balaban J connectivity index is 3.02. The fourth-order valence-electron chi connectivity index (χ4n) is 2.32. The molecule has 1 unspecified atom stereocenters. The summed E-state index contributed by atoms with van der Waals surface area (Å²) in [6, 6.07) is 1.87. The van der Waals surface area contributed by atoms with Gasteiger partial charge >= 0.3 is 0 Å². The van der Waals surface area contributed by atoms with Crippen LogP contribution in [0.1, 0.15) is 52.3 Å². The summed E-state index contributed by atoms with van der Waals surface area (Å²) in [5.41, 5.74) is 0.339. The number of aryl methyl sites for hydroxylation is 1. The Kier molecular flexibility index (Phi) is 5.15. The summed E-state index contributed by atoms with van der Waals surface area (Å²) in [6.07, 6.45) is 2.67. The Morgan fingerprint density at radius 3 is 2.47 bits per heavy atom. The highest BCUT2D eigenvalue weighted by molar-refractivity contribution is 5.10. The summed E-state index contributed by atoms with van der Waals surface area (Å²) < 4.78 is 7.65. The minimum absolute atomic E-state index is 0.498. The Morgan fingerprint density at radius 1 is 1.35 bits per heavy atom. The van der Waals surface area contributed by atoms with Gasteiger partial charge in [-0.1, -0.05) is 13.8 Å². The minimum Gasteiger partial charge on any atom is -0.384 e. The molecule has 0 amide bonds. The molecule has 0 radical (unpaired) electrons. The summed E-state index contributed by atoms with van der Waals surface area (Å²) in [5.74, 6) is 0. The highest BCUT2D eigenvalue weighted by atomic mass is 16.5. The lowest BCUT2D eigenvalue weighted by atomic mass is 9.88. The molecule has 4 heteroatoms. The average molecular weight is 240 g/mol. The monoisotopic (exact) mass is 240 g/mol. The molecule has 1 N–H and O–H groups in total. The van der Waals surface area contributed by atoms with Crippen LogP contribution in [0.15, 0.2) is 12.3 Å². The average Bonchev–Trinajstić information content (AvgIpc) is 2.83. The van der Waals surface area contributed by atoms with Gasteiger partial charge in [0.2, 0.25) is 0 Å². The lowest BCUT2D eigenvalue weighted by Gasteiger charge is -2.36. The van der Waals surface area contributed by atoms with Gasteiger partial charge in [-0.25, -0.2) is 0 Å². The first-order valence-electron chi connectivity index (χ1n) is 6.48. The van der Waals surface area contributed by atoms with Crippen LogP contribution in [-0.4, -0.2) is 27.1 Å². The maximum atomic E-state index is 10.6. The molecular formula is C13H24N2O2. The Hall–Kier alpha value is -0.870. The van der Waals surface area contributed by atoms with E-state index in [0.29, 0.717) is 6.61 Å². The van der Waals surface area contributed by atoms with E-state index in [9.17, 15) is 5.11 Å². The van der Waals surface area contributed by atoms with Gasteiger partial charge in [0.25, 0.3) is 0 Å². The van der Waals surface area contributed by atoms with E-state index in [1.165, 1.54) is 0 Å². The van der Waals surface area contributed by atoms with E-state index in [0.717, 1.165) is 25.1 Å². The number of ether oxygens (including phenoxy) is 1. The number of nitrogens with zero attached hydrogens (tertiary/aromatic N) is 2. The Bertz CT molecular complexity index is 332. The first kappa shape index (κ1) is 14.2. The van der Waals surface area contributed by atoms with Crippen molar-refractivity contribution in [2.75, 3.05) is 6.61 Å². The molecule has 0 saturated heterocycles. The lowest BCUT2D eigenvalue weighted by molar-refractivity contribution is -0.130. The Morgan fingerprint density at radius 2 is 2.00 bits per heavy atom. The molecule has 1 atom stereocenters. The van der Waals surface area contributed by atoms with E-state index in [-0.39, 0.29) is 0 Å². The van der Waals surface area contributed by atoms with Crippen LogP contribution < -0.4 is 0 Å². The second-order valence-electron chi connectivity index (χ2n) is 4.18. The molecular weight excluding hydrogens is 216 g/mol. The molecule has 0 spiro atoms. The topological polar surface area (TPSA) is 47.3 Å². The second kappa shape index (κ2) is 6.17. The molecule has 1 aromatic heterocycles. The molecule has 98 valence electrons. The zero-order valence-electron chi connectivity index (χ0n) is 11.3. The molecule has 0 bridgehead atoms. The number of aliphatic hydroxyl groups is 1. The fraction of sp³-hybridized carbons (Fsp3) is 0.769. The predicted octanol–water partition coefficient (Wildman–Crippen LogP) is 2.53. The largest absolute Gasteiger partial charge is 0.384 e.